The van der Waals surface area contributed by atoms with Crippen LogP contribution in [0, 0.1) is 0 Å². The van der Waals surface area contributed by atoms with Crippen molar-refractivity contribution in [3.8, 4) is 11.1 Å². The Balaban J connectivity index is 0.000000598. The summed E-state index contributed by atoms with van der Waals surface area (Å²) in [5, 5.41) is 0. The number of rotatable bonds is 0. The van der Waals surface area contributed by atoms with Crippen LogP contribution in [0.1, 0.15) is 11.1 Å². The van der Waals surface area contributed by atoms with E-state index in [1.165, 1.54) is 26.1 Å². The van der Waals surface area contributed by atoms with Crippen LogP contribution in [0.3, 0.4) is 0 Å². The molecule has 0 heterocycles. The summed E-state index contributed by atoms with van der Waals surface area (Å²) in [5.74, 6) is 0. The third-order valence-corrected chi connectivity index (χ3v) is 3.58. The zero-order valence-electron chi connectivity index (χ0n) is 11.2. The number of benzene rings is 2. The van der Waals surface area contributed by atoms with E-state index in [4.69, 9.17) is 0 Å². The molecule has 1 aliphatic rings. The fourth-order valence-corrected chi connectivity index (χ4v) is 2.66. The summed E-state index contributed by atoms with van der Waals surface area (Å²) >= 11 is 2.20. The molecule has 0 saturated carbocycles. The van der Waals surface area contributed by atoms with Crippen molar-refractivity contribution < 1.29 is 45.2 Å². The molecule has 0 saturated heterocycles. The van der Waals surface area contributed by atoms with Crippen LogP contribution in [0.5, 0.6) is 0 Å². The molecule has 0 bridgehead atoms. The molecular formula is C15H17Cl2SiTi. The zero-order valence-corrected chi connectivity index (χ0v) is 15.7. The summed E-state index contributed by atoms with van der Waals surface area (Å²) in [6.07, 6.45) is 1.11. The molecule has 0 fully saturated rings. The van der Waals surface area contributed by atoms with Crippen LogP contribution >= 0.6 is 0 Å². The summed E-state index contributed by atoms with van der Waals surface area (Å²) in [6.45, 7) is 4.53. The first-order valence-electron chi connectivity index (χ1n) is 6.19. The molecule has 0 aromatic heterocycles. The molecule has 0 aliphatic heterocycles. The Morgan fingerprint density at radius 1 is 0.895 bits per heavy atom. The molecule has 4 heteroatoms. The molecule has 0 radical (unpaired) electrons. The first-order chi connectivity index (χ1) is 8.27. The van der Waals surface area contributed by atoms with Crippen LogP contribution in [0.4, 0.5) is 0 Å². The van der Waals surface area contributed by atoms with Crippen molar-refractivity contribution in [1.29, 1.82) is 0 Å². The number of hydrogen-bond donors (Lipinski definition) is 0. The van der Waals surface area contributed by atoms with Gasteiger partial charge in [-0.15, -0.1) is 0 Å². The van der Waals surface area contributed by atoms with Gasteiger partial charge in [-0.05, 0) is 0 Å². The molecule has 3 rings (SSSR count). The molecule has 0 atom stereocenters. The molecule has 19 heavy (non-hydrogen) atoms. The van der Waals surface area contributed by atoms with Crippen molar-refractivity contribution in [2.75, 3.05) is 0 Å². The summed E-state index contributed by atoms with van der Waals surface area (Å²) in [6, 6.07) is 15.3. The fourth-order valence-electron chi connectivity index (χ4n) is 2.16. The predicted molar refractivity (Wildman–Crippen MR) is 74.6 cm³/mol. The van der Waals surface area contributed by atoms with E-state index in [1.807, 2.05) is 0 Å². The van der Waals surface area contributed by atoms with Crippen LogP contribution in [0.25, 0.3) is 11.1 Å². The third-order valence-electron chi connectivity index (χ3n) is 2.85. The molecule has 99 valence electrons. The molecule has 1 aliphatic carbocycles. The monoisotopic (exact) mass is 343 g/mol. The van der Waals surface area contributed by atoms with Crippen molar-refractivity contribution >= 4 is 13.4 Å². The van der Waals surface area contributed by atoms with Gasteiger partial charge in [0.05, 0.1) is 0 Å². The van der Waals surface area contributed by atoms with Gasteiger partial charge >= 0.3 is 95.4 Å². The molecule has 0 N–H and O–H groups in total. The summed E-state index contributed by atoms with van der Waals surface area (Å²) in [5.41, 5.74) is 5.83. The van der Waals surface area contributed by atoms with Gasteiger partial charge in [0.1, 0.15) is 0 Å². The topological polar surface area (TPSA) is 0 Å². The van der Waals surface area contributed by atoms with Gasteiger partial charge in [-0.25, -0.2) is 0 Å². The molecular weight excluding hydrogens is 327 g/mol. The molecule has 2 aromatic carbocycles. The Hall–Kier alpha value is -0.0488. The van der Waals surface area contributed by atoms with Gasteiger partial charge in [0.25, 0.3) is 0 Å². The molecule has 2 aromatic rings. The first-order valence-corrected chi connectivity index (χ1v) is 9.80. The minimum atomic E-state index is 0. The SMILES string of the molecule is C[SiH2]C.[Cl-].[Cl-].[Ti+2][c]1cccc2c1Cc1ccccc1-2. The fraction of sp³-hybridized carbons (Fsp3) is 0.200. The molecule has 0 spiro atoms. The average Bonchev–Trinajstić information content (AvgIpc) is 2.71. The quantitative estimate of drug-likeness (QED) is 0.375. The van der Waals surface area contributed by atoms with Gasteiger partial charge in [0.2, 0.25) is 0 Å². The van der Waals surface area contributed by atoms with Crippen molar-refractivity contribution in [2.45, 2.75) is 19.5 Å². The van der Waals surface area contributed by atoms with E-state index in [9.17, 15) is 0 Å². The maximum absolute atomic E-state index is 2.26. The van der Waals surface area contributed by atoms with E-state index < -0.39 is 0 Å². The Labute approximate surface area is 142 Å². The molecule has 0 nitrogen and oxygen atoms in total. The maximum atomic E-state index is 2.26. The Morgan fingerprint density at radius 3 is 2.16 bits per heavy atom. The van der Waals surface area contributed by atoms with Gasteiger partial charge in [-0.2, -0.15) is 0 Å². The van der Waals surface area contributed by atoms with Crippen molar-refractivity contribution in [3.05, 3.63) is 53.6 Å². The van der Waals surface area contributed by atoms with Crippen LogP contribution in [-0.2, 0) is 26.9 Å². The first kappa shape index (κ1) is 19.0. The van der Waals surface area contributed by atoms with E-state index in [0.717, 1.165) is 6.42 Å². The van der Waals surface area contributed by atoms with Crippen LogP contribution in [-0.4, -0.2) is 9.52 Å². The van der Waals surface area contributed by atoms with Crippen molar-refractivity contribution in [1.82, 2.24) is 0 Å². The number of halogens is 2. The van der Waals surface area contributed by atoms with E-state index in [1.54, 1.807) is 0 Å². The van der Waals surface area contributed by atoms with Gasteiger partial charge < -0.3 is 24.8 Å². The standard InChI is InChI=1S/C13H9.C2H8Si.2ClH.Ti/c1-3-7-12-10(5-1)9-11-6-2-4-8-13(11)12;1-3-2;;;/h1-5,7-8H,9H2;3H2,1-2H3;2*1H;/q;;;;+2/p-2. The minimum absolute atomic E-state index is 0. The molecule has 0 unspecified atom stereocenters. The van der Waals surface area contributed by atoms with E-state index >= 15 is 0 Å². The van der Waals surface area contributed by atoms with E-state index in [0.29, 0.717) is 9.52 Å². The van der Waals surface area contributed by atoms with Gasteiger partial charge in [-0.1, -0.05) is 13.1 Å². The van der Waals surface area contributed by atoms with Gasteiger partial charge in [-0.3, -0.25) is 0 Å². The summed E-state index contributed by atoms with van der Waals surface area (Å²) < 4.78 is 1.42. The average molecular weight is 344 g/mol. The Morgan fingerprint density at radius 2 is 1.47 bits per heavy atom. The second kappa shape index (κ2) is 8.99. The van der Waals surface area contributed by atoms with Crippen molar-refractivity contribution in [2.24, 2.45) is 0 Å². The Bertz CT molecular complexity index is 529. The third kappa shape index (κ3) is 4.21. The predicted octanol–water partition coefficient (Wildman–Crippen LogP) is -3.31. The van der Waals surface area contributed by atoms with Crippen LogP contribution < -0.4 is 28.7 Å². The van der Waals surface area contributed by atoms with E-state index in [2.05, 4.69) is 76.0 Å². The summed E-state index contributed by atoms with van der Waals surface area (Å²) in [4.78, 5) is 0. The normalized spacial score (nSPS) is 10.1. The van der Waals surface area contributed by atoms with Gasteiger partial charge in [0.15, 0.2) is 0 Å². The van der Waals surface area contributed by atoms with Crippen LogP contribution in [0.2, 0.25) is 13.1 Å². The number of fused-ring (bicyclic) bond motifs is 3. The second-order valence-corrected chi connectivity index (χ2v) is 6.63. The van der Waals surface area contributed by atoms with Crippen molar-refractivity contribution in [3.63, 3.8) is 0 Å². The summed E-state index contributed by atoms with van der Waals surface area (Å²) in [7, 11) is 0.417. The Kier molecular flexibility index (Phi) is 8.97. The zero-order chi connectivity index (χ0) is 12.3. The number of hydrogen-bond acceptors (Lipinski definition) is 0. The van der Waals surface area contributed by atoms with Crippen LogP contribution in [0.15, 0.2) is 42.5 Å². The van der Waals surface area contributed by atoms with Gasteiger partial charge in [0, 0.05) is 9.52 Å². The van der Waals surface area contributed by atoms with E-state index in [-0.39, 0.29) is 24.8 Å². The second-order valence-electron chi connectivity index (χ2n) is 4.37. The molecule has 0 amide bonds.